The summed E-state index contributed by atoms with van der Waals surface area (Å²) in [5.41, 5.74) is 3.40. The molecule has 5 rings (SSSR count). The van der Waals surface area contributed by atoms with Gasteiger partial charge in [-0.1, -0.05) is 41.4 Å². The van der Waals surface area contributed by atoms with Crippen LogP contribution in [-0.4, -0.2) is 28.7 Å². The molecule has 7 heteroatoms. The lowest BCUT2D eigenvalue weighted by atomic mass is 9.69. The Bertz CT molecular complexity index is 1250. The average molecular weight is 512 g/mol. The van der Waals surface area contributed by atoms with Crippen LogP contribution in [0.25, 0.3) is 0 Å². The van der Waals surface area contributed by atoms with E-state index in [0.717, 1.165) is 31.2 Å². The molecule has 0 aromatic heterocycles. The number of ether oxygens (including phenoxy) is 1. The van der Waals surface area contributed by atoms with Crippen molar-refractivity contribution in [2.45, 2.75) is 63.4 Å². The van der Waals surface area contributed by atoms with Crippen molar-refractivity contribution in [3.63, 3.8) is 0 Å². The van der Waals surface area contributed by atoms with Crippen LogP contribution < -0.4 is 0 Å². The Labute approximate surface area is 214 Å². The van der Waals surface area contributed by atoms with Gasteiger partial charge in [0.1, 0.15) is 17.8 Å². The molecule has 1 N–H and O–H groups in total. The molecule has 3 aliphatic rings. The van der Waals surface area contributed by atoms with Crippen LogP contribution in [0.2, 0.25) is 10.0 Å². The quantitative estimate of drug-likeness (QED) is 0.460. The molecule has 5 nitrogen and oxygen atoms in total. The first-order valence-electron chi connectivity index (χ1n) is 12.1. The van der Waals surface area contributed by atoms with E-state index in [-0.39, 0.29) is 35.9 Å². The molecule has 3 atom stereocenters. The first kappa shape index (κ1) is 24.1. The van der Waals surface area contributed by atoms with Gasteiger partial charge in [0.15, 0.2) is 5.78 Å². The fourth-order valence-corrected chi connectivity index (χ4v) is 6.30. The number of hydrogen-bond donors (Lipinski definition) is 1. The number of halogens is 2. The van der Waals surface area contributed by atoms with E-state index in [4.69, 9.17) is 32.9 Å². The molecule has 0 spiro atoms. The molecular weight excluding hydrogens is 485 g/mol. The number of Topliss-reactive ketones (excluding diaryl/α,β-unsaturated/α-hetero) is 1. The van der Waals surface area contributed by atoms with E-state index < -0.39 is 11.8 Å². The largest absolute Gasteiger partial charge is 0.508 e. The van der Waals surface area contributed by atoms with Crippen molar-refractivity contribution in [2.75, 3.05) is 0 Å². The van der Waals surface area contributed by atoms with Crippen LogP contribution in [0, 0.1) is 5.92 Å². The van der Waals surface area contributed by atoms with Crippen LogP contribution in [0.3, 0.4) is 0 Å². The lowest BCUT2D eigenvalue weighted by Gasteiger charge is -2.37. The second-order valence-corrected chi connectivity index (χ2v) is 10.5. The third kappa shape index (κ3) is 4.76. The number of carbonyl (C=O) groups is 2. The Hall–Kier alpha value is -2.63. The summed E-state index contributed by atoms with van der Waals surface area (Å²) in [4.78, 5) is 31.9. The summed E-state index contributed by atoms with van der Waals surface area (Å²) < 4.78 is 5.89. The summed E-state index contributed by atoms with van der Waals surface area (Å²) in [6.07, 6.45) is 4.52. The van der Waals surface area contributed by atoms with Gasteiger partial charge in [-0.15, -0.1) is 0 Å². The van der Waals surface area contributed by atoms with Gasteiger partial charge in [-0.25, -0.2) is 0 Å². The number of rotatable bonds is 4. The van der Waals surface area contributed by atoms with E-state index in [1.807, 2.05) is 19.1 Å². The van der Waals surface area contributed by atoms with Crippen molar-refractivity contribution in [3.8, 4) is 5.75 Å². The van der Waals surface area contributed by atoms with Crippen molar-refractivity contribution < 1.29 is 19.4 Å². The zero-order valence-corrected chi connectivity index (χ0v) is 21.0. The molecule has 0 radical (unpaired) electrons. The fraction of sp³-hybridized carbons (Fsp3) is 0.393. The van der Waals surface area contributed by atoms with Gasteiger partial charge in [-0.2, -0.15) is 0 Å². The first-order chi connectivity index (χ1) is 16.8. The van der Waals surface area contributed by atoms with Crippen LogP contribution >= 0.6 is 23.2 Å². The van der Waals surface area contributed by atoms with E-state index >= 15 is 0 Å². The van der Waals surface area contributed by atoms with Crippen LogP contribution in [0.1, 0.15) is 68.4 Å². The number of benzene rings is 2. The second kappa shape index (κ2) is 9.79. The number of hydrogen-bond acceptors (Lipinski definition) is 5. The Balaban J connectivity index is 1.55. The molecule has 3 unspecified atom stereocenters. The zero-order chi connectivity index (χ0) is 24.7. The molecule has 2 aliphatic carbocycles. The highest BCUT2D eigenvalue weighted by molar-refractivity contribution is 6.35. The molecule has 0 saturated heterocycles. The Morgan fingerprint density at radius 2 is 1.86 bits per heavy atom. The van der Waals surface area contributed by atoms with Gasteiger partial charge in [0.25, 0.3) is 0 Å². The number of ketones is 1. The Morgan fingerprint density at radius 3 is 2.57 bits per heavy atom. The zero-order valence-electron chi connectivity index (χ0n) is 19.5. The summed E-state index contributed by atoms with van der Waals surface area (Å²) in [5, 5.41) is 11.3. The molecule has 1 saturated carbocycles. The molecule has 1 heterocycles. The number of phenols is 1. The average Bonchev–Trinajstić information content (AvgIpc) is 3.31. The summed E-state index contributed by atoms with van der Waals surface area (Å²) in [7, 11) is 0. The van der Waals surface area contributed by atoms with Crippen molar-refractivity contribution in [3.05, 3.63) is 74.9 Å². The minimum Gasteiger partial charge on any atom is -0.508 e. The minimum atomic E-state index is -0.712. The lowest BCUT2D eigenvalue weighted by molar-refractivity contribution is -0.151. The highest BCUT2D eigenvalue weighted by Gasteiger charge is 2.45. The number of aliphatic imine (C=N–C) groups is 1. The topological polar surface area (TPSA) is 76.0 Å². The molecule has 182 valence electrons. The van der Waals surface area contributed by atoms with E-state index in [0.29, 0.717) is 39.0 Å². The van der Waals surface area contributed by atoms with Gasteiger partial charge >= 0.3 is 5.97 Å². The molecule has 0 amide bonds. The number of nitrogens with zero attached hydrogens (tertiary/aromatic N) is 1. The third-order valence-electron chi connectivity index (χ3n) is 7.36. The number of allylic oxidation sites excluding steroid dienone is 2. The maximum absolute atomic E-state index is 13.7. The van der Waals surface area contributed by atoms with Gasteiger partial charge in [-0.05, 0) is 80.3 Å². The molecular formula is C28H27Cl2NO4. The standard InChI is InChI=1S/C28H27Cl2NO4/c1-15-25(28(34)35-20-7-2-3-8-20)26(16-5-4-6-19(32)11-16)27-23(31-15)12-17(13-24(27)33)21-10-9-18(29)14-22(21)30/h4-6,9-11,14,17,20,25-26,32H,2-3,7-8,12-13H2,1H3. The fourth-order valence-electron chi connectivity index (χ4n) is 5.74. The maximum Gasteiger partial charge on any atom is 0.315 e. The van der Waals surface area contributed by atoms with Crippen molar-refractivity contribution in [2.24, 2.45) is 10.9 Å². The van der Waals surface area contributed by atoms with Gasteiger partial charge in [0.05, 0.1) is 0 Å². The van der Waals surface area contributed by atoms with Crippen molar-refractivity contribution in [1.29, 1.82) is 0 Å². The summed E-state index contributed by atoms with van der Waals surface area (Å²) in [6.45, 7) is 1.82. The summed E-state index contributed by atoms with van der Waals surface area (Å²) in [5.74, 6) is -1.73. The lowest BCUT2D eigenvalue weighted by Crippen LogP contribution is -2.39. The van der Waals surface area contributed by atoms with Crippen LogP contribution in [0.4, 0.5) is 0 Å². The second-order valence-electron chi connectivity index (χ2n) is 9.70. The van der Waals surface area contributed by atoms with E-state index in [1.165, 1.54) is 0 Å². The van der Waals surface area contributed by atoms with Gasteiger partial charge in [0.2, 0.25) is 0 Å². The number of esters is 1. The van der Waals surface area contributed by atoms with Crippen molar-refractivity contribution in [1.82, 2.24) is 0 Å². The molecule has 2 aromatic carbocycles. The monoisotopic (exact) mass is 511 g/mol. The van der Waals surface area contributed by atoms with Crippen LogP contribution in [0.5, 0.6) is 5.75 Å². The summed E-state index contributed by atoms with van der Waals surface area (Å²) >= 11 is 12.5. The van der Waals surface area contributed by atoms with Gasteiger partial charge < -0.3 is 9.84 Å². The van der Waals surface area contributed by atoms with Gasteiger partial charge in [-0.3, -0.25) is 14.6 Å². The predicted octanol–water partition coefficient (Wildman–Crippen LogP) is 6.76. The molecule has 1 aliphatic heterocycles. The smallest absolute Gasteiger partial charge is 0.315 e. The molecule has 35 heavy (non-hydrogen) atoms. The van der Waals surface area contributed by atoms with E-state index in [9.17, 15) is 14.7 Å². The number of phenolic OH excluding ortho intramolecular Hbond substituents is 1. The maximum atomic E-state index is 13.7. The number of carbonyl (C=O) groups excluding carboxylic acids is 2. The summed E-state index contributed by atoms with van der Waals surface area (Å²) in [6, 6.07) is 12.1. The normalized spacial score (nSPS) is 24.8. The highest BCUT2D eigenvalue weighted by Crippen LogP contribution is 2.48. The van der Waals surface area contributed by atoms with Crippen LogP contribution in [-0.2, 0) is 14.3 Å². The number of aromatic hydroxyl groups is 1. The predicted molar refractivity (Wildman–Crippen MR) is 136 cm³/mol. The van der Waals surface area contributed by atoms with Crippen LogP contribution in [0.15, 0.2) is 58.7 Å². The Kier molecular flexibility index (Phi) is 6.73. The highest BCUT2D eigenvalue weighted by atomic mass is 35.5. The minimum absolute atomic E-state index is 0.0643. The molecule has 1 fully saturated rings. The first-order valence-corrected chi connectivity index (χ1v) is 12.8. The molecule has 0 bridgehead atoms. The molecule has 2 aromatic rings. The third-order valence-corrected chi connectivity index (χ3v) is 7.92. The van der Waals surface area contributed by atoms with E-state index in [1.54, 1.807) is 30.3 Å². The Morgan fingerprint density at radius 1 is 1.09 bits per heavy atom. The van der Waals surface area contributed by atoms with Crippen molar-refractivity contribution >= 4 is 40.7 Å². The van der Waals surface area contributed by atoms with E-state index in [2.05, 4.69) is 0 Å². The SMILES string of the molecule is CC1=NC2=C(C(=O)CC(c3ccc(Cl)cc3Cl)C2)C(c2cccc(O)c2)C1C(=O)OC1CCCC1. The van der Waals surface area contributed by atoms with Gasteiger partial charge in [0, 0.05) is 39.4 Å².